The van der Waals surface area contributed by atoms with Crippen molar-refractivity contribution < 1.29 is 9.53 Å². The third kappa shape index (κ3) is 2.98. The van der Waals surface area contributed by atoms with Gasteiger partial charge in [-0.2, -0.15) is 0 Å². The first-order valence-corrected chi connectivity index (χ1v) is 7.28. The Morgan fingerprint density at radius 2 is 1.77 bits per heavy atom. The van der Waals surface area contributed by atoms with Crippen LogP contribution in [-0.2, 0) is 17.6 Å². The Morgan fingerprint density at radius 1 is 1.00 bits per heavy atom. The minimum atomic E-state index is -0.301. The molecule has 3 rings (SSSR count). The zero-order valence-electron chi connectivity index (χ0n) is 12.5. The normalized spacial score (nSPS) is 10.6. The molecule has 0 bridgehead atoms. The van der Waals surface area contributed by atoms with Gasteiger partial charge >= 0.3 is 5.97 Å². The first-order valence-electron chi connectivity index (χ1n) is 7.28. The number of ether oxygens (including phenoxy) is 1. The Bertz CT molecular complexity index is 789. The molecular formula is C19H17NO2. The average Bonchev–Trinajstić information content (AvgIpc) is 2.59. The molecule has 3 heteroatoms. The molecule has 22 heavy (non-hydrogen) atoms. The molecule has 0 fully saturated rings. The molecule has 0 saturated carbocycles. The SMILES string of the molecule is COC(=O)c1ccc(CCc2cccc3cccnc23)cc1. The van der Waals surface area contributed by atoms with Crippen LogP contribution < -0.4 is 0 Å². The second-order valence-electron chi connectivity index (χ2n) is 5.18. The smallest absolute Gasteiger partial charge is 0.337 e. The first-order chi connectivity index (χ1) is 10.8. The number of carbonyl (C=O) groups is 1. The highest BCUT2D eigenvalue weighted by molar-refractivity contribution is 5.89. The number of nitrogens with zero attached hydrogens (tertiary/aromatic N) is 1. The van der Waals surface area contributed by atoms with Gasteiger partial charge in [-0.05, 0) is 42.2 Å². The minimum absolute atomic E-state index is 0.301. The predicted molar refractivity (Wildman–Crippen MR) is 86.9 cm³/mol. The van der Waals surface area contributed by atoms with E-state index in [1.54, 1.807) is 0 Å². The fraction of sp³-hybridized carbons (Fsp3) is 0.158. The van der Waals surface area contributed by atoms with Crippen molar-refractivity contribution in [3.63, 3.8) is 0 Å². The number of para-hydroxylation sites is 1. The van der Waals surface area contributed by atoms with Gasteiger partial charge in [0, 0.05) is 11.6 Å². The van der Waals surface area contributed by atoms with Crippen LogP contribution in [0.15, 0.2) is 60.8 Å². The van der Waals surface area contributed by atoms with E-state index < -0.39 is 0 Å². The summed E-state index contributed by atoms with van der Waals surface area (Å²) in [5, 5.41) is 1.17. The number of esters is 1. The molecule has 0 radical (unpaired) electrons. The van der Waals surface area contributed by atoms with Crippen molar-refractivity contribution in [2.45, 2.75) is 12.8 Å². The molecule has 0 aliphatic heterocycles. The summed E-state index contributed by atoms with van der Waals surface area (Å²) in [4.78, 5) is 15.9. The number of hydrogen-bond acceptors (Lipinski definition) is 3. The Balaban J connectivity index is 1.75. The third-order valence-electron chi connectivity index (χ3n) is 3.77. The summed E-state index contributed by atoms with van der Waals surface area (Å²) < 4.78 is 4.71. The third-order valence-corrected chi connectivity index (χ3v) is 3.77. The number of aryl methyl sites for hydroxylation is 2. The summed E-state index contributed by atoms with van der Waals surface area (Å²) in [5.74, 6) is -0.301. The Morgan fingerprint density at radius 3 is 2.55 bits per heavy atom. The average molecular weight is 291 g/mol. The van der Waals surface area contributed by atoms with E-state index in [9.17, 15) is 4.79 Å². The summed E-state index contributed by atoms with van der Waals surface area (Å²) in [7, 11) is 1.39. The molecule has 110 valence electrons. The van der Waals surface area contributed by atoms with E-state index in [4.69, 9.17) is 4.74 Å². The molecular weight excluding hydrogens is 274 g/mol. The van der Waals surface area contributed by atoms with Crippen LogP contribution in [0.3, 0.4) is 0 Å². The number of hydrogen-bond donors (Lipinski definition) is 0. The molecule has 0 aliphatic rings. The molecule has 1 heterocycles. The van der Waals surface area contributed by atoms with Crippen LogP contribution in [0.5, 0.6) is 0 Å². The van der Waals surface area contributed by atoms with Gasteiger partial charge in [0.2, 0.25) is 0 Å². The van der Waals surface area contributed by atoms with Gasteiger partial charge in [-0.3, -0.25) is 4.98 Å². The zero-order valence-corrected chi connectivity index (χ0v) is 12.5. The predicted octanol–water partition coefficient (Wildman–Crippen LogP) is 3.81. The maximum atomic E-state index is 11.4. The highest BCUT2D eigenvalue weighted by atomic mass is 16.5. The van der Waals surface area contributed by atoms with Crippen LogP contribution in [-0.4, -0.2) is 18.1 Å². The van der Waals surface area contributed by atoms with E-state index in [2.05, 4.69) is 29.2 Å². The number of pyridine rings is 1. The molecule has 0 N–H and O–H groups in total. The van der Waals surface area contributed by atoms with Crippen molar-refractivity contribution in [2.24, 2.45) is 0 Å². The highest BCUT2D eigenvalue weighted by Gasteiger charge is 2.05. The van der Waals surface area contributed by atoms with E-state index in [0.717, 1.165) is 18.4 Å². The molecule has 0 aliphatic carbocycles. The first kappa shape index (κ1) is 14.3. The lowest BCUT2D eigenvalue weighted by Gasteiger charge is -2.06. The van der Waals surface area contributed by atoms with Crippen LogP contribution in [0, 0.1) is 0 Å². The molecule has 0 atom stereocenters. The number of fused-ring (bicyclic) bond motifs is 1. The van der Waals surface area contributed by atoms with Gasteiger partial charge < -0.3 is 4.74 Å². The number of benzene rings is 2. The van der Waals surface area contributed by atoms with Gasteiger partial charge in [0.1, 0.15) is 0 Å². The van der Waals surface area contributed by atoms with Gasteiger partial charge in [0.15, 0.2) is 0 Å². The van der Waals surface area contributed by atoms with Gasteiger partial charge in [-0.25, -0.2) is 4.79 Å². The second kappa shape index (κ2) is 6.39. The fourth-order valence-electron chi connectivity index (χ4n) is 2.57. The molecule has 2 aromatic carbocycles. The van der Waals surface area contributed by atoms with E-state index in [1.807, 2.05) is 36.5 Å². The van der Waals surface area contributed by atoms with Crippen molar-refractivity contribution in [3.05, 3.63) is 77.5 Å². The topological polar surface area (TPSA) is 39.2 Å². The van der Waals surface area contributed by atoms with E-state index >= 15 is 0 Å². The molecule has 0 amide bonds. The van der Waals surface area contributed by atoms with Gasteiger partial charge in [0.25, 0.3) is 0 Å². The van der Waals surface area contributed by atoms with Crippen molar-refractivity contribution >= 4 is 16.9 Å². The summed E-state index contributed by atoms with van der Waals surface area (Å²) in [6.45, 7) is 0. The highest BCUT2D eigenvalue weighted by Crippen LogP contribution is 2.18. The molecule has 0 spiro atoms. The number of rotatable bonds is 4. The zero-order chi connectivity index (χ0) is 15.4. The van der Waals surface area contributed by atoms with Crippen LogP contribution in [0.4, 0.5) is 0 Å². The quantitative estimate of drug-likeness (QED) is 0.686. The summed E-state index contributed by atoms with van der Waals surface area (Å²) in [5.41, 5.74) is 4.09. The maximum absolute atomic E-state index is 11.4. The molecule has 1 aromatic heterocycles. The summed E-state index contributed by atoms with van der Waals surface area (Å²) in [6, 6.07) is 17.9. The van der Waals surface area contributed by atoms with E-state index in [0.29, 0.717) is 5.56 Å². The van der Waals surface area contributed by atoms with Crippen molar-refractivity contribution in [3.8, 4) is 0 Å². The van der Waals surface area contributed by atoms with E-state index in [1.165, 1.54) is 23.6 Å². The van der Waals surface area contributed by atoms with Crippen LogP contribution in [0.2, 0.25) is 0 Å². The standard InChI is InChI=1S/C19H17NO2/c1-22-19(21)17-11-8-14(9-12-17)7-10-16-5-2-4-15-6-3-13-20-18(15)16/h2-6,8-9,11-13H,7,10H2,1H3. The lowest BCUT2D eigenvalue weighted by molar-refractivity contribution is 0.0600. The van der Waals surface area contributed by atoms with E-state index in [-0.39, 0.29) is 5.97 Å². The Kier molecular flexibility index (Phi) is 4.15. The molecule has 3 aromatic rings. The van der Waals surface area contributed by atoms with Crippen LogP contribution in [0.25, 0.3) is 10.9 Å². The Hall–Kier alpha value is -2.68. The lowest BCUT2D eigenvalue weighted by Crippen LogP contribution is -2.01. The lowest BCUT2D eigenvalue weighted by atomic mass is 10.0. The van der Waals surface area contributed by atoms with Gasteiger partial charge in [-0.15, -0.1) is 0 Å². The maximum Gasteiger partial charge on any atom is 0.337 e. The Labute approximate surface area is 129 Å². The van der Waals surface area contributed by atoms with Gasteiger partial charge in [0.05, 0.1) is 18.2 Å². The van der Waals surface area contributed by atoms with Crippen LogP contribution in [0.1, 0.15) is 21.5 Å². The summed E-state index contributed by atoms with van der Waals surface area (Å²) >= 11 is 0. The number of methoxy groups -OCH3 is 1. The second-order valence-corrected chi connectivity index (χ2v) is 5.18. The van der Waals surface area contributed by atoms with Crippen molar-refractivity contribution in [2.75, 3.05) is 7.11 Å². The minimum Gasteiger partial charge on any atom is -0.465 e. The summed E-state index contributed by atoms with van der Waals surface area (Å²) in [6.07, 6.45) is 3.67. The van der Waals surface area contributed by atoms with Crippen molar-refractivity contribution in [1.82, 2.24) is 4.98 Å². The van der Waals surface area contributed by atoms with Gasteiger partial charge in [-0.1, -0.05) is 36.4 Å². The molecule has 0 saturated heterocycles. The largest absolute Gasteiger partial charge is 0.465 e. The monoisotopic (exact) mass is 291 g/mol. The molecule has 0 unspecified atom stereocenters. The van der Waals surface area contributed by atoms with Crippen molar-refractivity contribution in [1.29, 1.82) is 0 Å². The van der Waals surface area contributed by atoms with Crippen LogP contribution >= 0.6 is 0 Å². The molecule has 3 nitrogen and oxygen atoms in total. The fourth-order valence-corrected chi connectivity index (χ4v) is 2.57. The number of carbonyl (C=O) groups excluding carboxylic acids is 1. The number of aromatic nitrogens is 1.